The van der Waals surface area contributed by atoms with Crippen molar-refractivity contribution in [1.29, 1.82) is 0 Å². The predicted octanol–water partition coefficient (Wildman–Crippen LogP) is 3.74. The maximum Gasteiger partial charge on any atom is 0.0826 e. The Morgan fingerprint density at radius 3 is 2.35 bits per heavy atom. The molecule has 1 fully saturated rings. The van der Waals surface area contributed by atoms with E-state index in [0.717, 1.165) is 18.8 Å². The van der Waals surface area contributed by atoms with Crippen molar-refractivity contribution in [3.05, 3.63) is 0 Å². The second-order valence-electron chi connectivity index (χ2n) is 5.70. The number of methoxy groups -OCH3 is 1. The topological polar surface area (TPSA) is 35.2 Å². The Balaban J connectivity index is 2.69. The van der Waals surface area contributed by atoms with Gasteiger partial charge in [0, 0.05) is 13.2 Å². The van der Waals surface area contributed by atoms with Crippen LogP contribution in [0.3, 0.4) is 0 Å². The Morgan fingerprint density at radius 1 is 1.24 bits per heavy atom. The number of hydrogen-bond acceptors (Lipinski definition) is 2. The summed E-state index contributed by atoms with van der Waals surface area (Å²) in [4.78, 5) is 0. The molecule has 102 valence electrons. The van der Waals surface area contributed by atoms with Crippen molar-refractivity contribution < 1.29 is 4.74 Å². The van der Waals surface area contributed by atoms with Crippen LogP contribution in [0.2, 0.25) is 0 Å². The van der Waals surface area contributed by atoms with Gasteiger partial charge in [0.25, 0.3) is 0 Å². The lowest BCUT2D eigenvalue weighted by molar-refractivity contribution is -0.0582. The summed E-state index contributed by atoms with van der Waals surface area (Å²) in [5, 5.41) is 0. The highest BCUT2D eigenvalue weighted by atomic mass is 16.5. The van der Waals surface area contributed by atoms with Crippen molar-refractivity contribution >= 4 is 0 Å². The van der Waals surface area contributed by atoms with E-state index in [1.807, 2.05) is 7.11 Å². The molecular formula is C15H31NO. The number of nitrogens with two attached hydrogens (primary N) is 1. The van der Waals surface area contributed by atoms with Gasteiger partial charge in [-0.15, -0.1) is 0 Å². The lowest BCUT2D eigenvalue weighted by Gasteiger charge is -2.43. The van der Waals surface area contributed by atoms with E-state index < -0.39 is 0 Å². The van der Waals surface area contributed by atoms with Crippen LogP contribution in [0.5, 0.6) is 0 Å². The van der Waals surface area contributed by atoms with Crippen LogP contribution in [0.1, 0.15) is 65.7 Å². The lowest BCUT2D eigenvalue weighted by atomic mass is 9.71. The summed E-state index contributed by atoms with van der Waals surface area (Å²) < 4.78 is 5.80. The molecule has 1 aliphatic carbocycles. The Bertz CT molecular complexity index is 205. The third-order valence-corrected chi connectivity index (χ3v) is 5.12. The maximum atomic E-state index is 6.55. The second kappa shape index (κ2) is 6.75. The molecule has 2 heteroatoms. The molecule has 1 aliphatic rings. The maximum absolute atomic E-state index is 6.55. The molecule has 0 bridgehead atoms. The average Bonchev–Trinajstić information content (AvgIpc) is 2.41. The van der Waals surface area contributed by atoms with E-state index >= 15 is 0 Å². The average molecular weight is 241 g/mol. The van der Waals surface area contributed by atoms with E-state index in [1.54, 1.807) is 0 Å². The largest absolute Gasteiger partial charge is 0.377 e. The molecule has 1 saturated carbocycles. The van der Waals surface area contributed by atoms with Gasteiger partial charge in [-0.25, -0.2) is 0 Å². The van der Waals surface area contributed by atoms with Gasteiger partial charge in [0.15, 0.2) is 0 Å². The Hall–Kier alpha value is -0.0800. The van der Waals surface area contributed by atoms with Gasteiger partial charge >= 0.3 is 0 Å². The zero-order valence-electron chi connectivity index (χ0n) is 12.2. The minimum absolute atomic E-state index is 0.0969. The fraction of sp³-hybridized carbons (Fsp3) is 1.00. The highest BCUT2D eigenvalue weighted by Crippen LogP contribution is 2.37. The van der Waals surface area contributed by atoms with Crippen molar-refractivity contribution in [2.45, 2.75) is 77.4 Å². The summed E-state index contributed by atoms with van der Waals surface area (Å²) in [5.41, 5.74) is 6.45. The number of hydrogen-bond donors (Lipinski definition) is 1. The molecule has 0 heterocycles. The molecular weight excluding hydrogens is 210 g/mol. The molecule has 0 saturated heterocycles. The molecule has 2 N–H and O–H groups in total. The van der Waals surface area contributed by atoms with Gasteiger partial charge in [-0.1, -0.05) is 40.0 Å². The Kier molecular flexibility index (Phi) is 5.94. The van der Waals surface area contributed by atoms with E-state index in [1.165, 1.54) is 32.1 Å². The van der Waals surface area contributed by atoms with E-state index in [2.05, 4.69) is 20.8 Å². The number of rotatable bonds is 6. The van der Waals surface area contributed by atoms with Gasteiger partial charge < -0.3 is 10.5 Å². The Morgan fingerprint density at radius 2 is 1.88 bits per heavy atom. The second-order valence-corrected chi connectivity index (χ2v) is 5.70. The van der Waals surface area contributed by atoms with Gasteiger partial charge in [-0.2, -0.15) is 0 Å². The first kappa shape index (κ1) is 15.0. The molecule has 0 aromatic rings. The lowest BCUT2D eigenvalue weighted by Crippen LogP contribution is -2.53. The summed E-state index contributed by atoms with van der Waals surface area (Å²) in [5.74, 6) is 1.55. The molecule has 1 rings (SSSR count). The molecule has 0 aromatic carbocycles. The summed E-state index contributed by atoms with van der Waals surface area (Å²) >= 11 is 0. The zero-order valence-corrected chi connectivity index (χ0v) is 12.2. The zero-order chi connectivity index (χ0) is 12.9. The first-order valence-corrected chi connectivity index (χ1v) is 7.44. The van der Waals surface area contributed by atoms with Crippen molar-refractivity contribution in [1.82, 2.24) is 0 Å². The van der Waals surface area contributed by atoms with Crippen LogP contribution in [0, 0.1) is 11.8 Å². The van der Waals surface area contributed by atoms with Crippen molar-refractivity contribution in [3.8, 4) is 0 Å². The first-order valence-electron chi connectivity index (χ1n) is 7.44. The highest BCUT2D eigenvalue weighted by Gasteiger charge is 2.39. The summed E-state index contributed by atoms with van der Waals surface area (Å²) in [6.07, 6.45) is 8.71. The molecule has 3 atom stereocenters. The third-order valence-electron chi connectivity index (χ3n) is 5.12. The predicted molar refractivity (Wildman–Crippen MR) is 74.0 cm³/mol. The smallest absolute Gasteiger partial charge is 0.0826 e. The SMILES string of the molecule is CCC1CCCC(C(N)C(CC)(CC)OC)C1. The molecule has 0 aromatic heterocycles. The van der Waals surface area contributed by atoms with E-state index in [0.29, 0.717) is 5.92 Å². The molecule has 3 unspecified atom stereocenters. The van der Waals surface area contributed by atoms with E-state index in [4.69, 9.17) is 10.5 Å². The monoisotopic (exact) mass is 241 g/mol. The van der Waals surface area contributed by atoms with Gasteiger partial charge in [0.05, 0.1) is 5.60 Å². The highest BCUT2D eigenvalue weighted by molar-refractivity contribution is 4.95. The van der Waals surface area contributed by atoms with Crippen LogP contribution < -0.4 is 5.73 Å². The van der Waals surface area contributed by atoms with Crippen LogP contribution in [-0.2, 0) is 4.74 Å². The number of ether oxygens (including phenoxy) is 1. The van der Waals surface area contributed by atoms with Gasteiger partial charge in [0.1, 0.15) is 0 Å². The molecule has 2 nitrogen and oxygen atoms in total. The van der Waals surface area contributed by atoms with Crippen LogP contribution in [0.15, 0.2) is 0 Å². The van der Waals surface area contributed by atoms with Crippen LogP contribution in [0.4, 0.5) is 0 Å². The van der Waals surface area contributed by atoms with Crippen LogP contribution >= 0.6 is 0 Å². The molecule has 0 spiro atoms. The van der Waals surface area contributed by atoms with Crippen molar-refractivity contribution in [3.63, 3.8) is 0 Å². The van der Waals surface area contributed by atoms with E-state index in [-0.39, 0.29) is 11.6 Å². The van der Waals surface area contributed by atoms with Crippen molar-refractivity contribution in [2.75, 3.05) is 7.11 Å². The normalized spacial score (nSPS) is 28.1. The molecule has 0 amide bonds. The molecule has 0 aliphatic heterocycles. The summed E-state index contributed by atoms with van der Waals surface area (Å²) in [6.45, 7) is 6.71. The van der Waals surface area contributed by atoms with Crippen LogP contribution in [-0.4, -0.2) is 18.8 Å². The van der Waals surface area contributed by atoms with Crippen LogP contribution in [0.25, 0.3) is 0 Å². The fourth-order valence-electron chi connectivity index (χ4n) is 3.61. The minimum atomic E-state index is -0.0969. The third kappa shape index (κ3) is 3.23. The quantitative estimate of drug-likeness (QED) is 0.769. The molecule has 17 heavy (non-hydrogen) atoms. The first-order chi connectivity index (χ1) is 8.13. The van der Waals surface area contributed by atoms with Gasteiger partial charge in [0.2, 0.25) is 0 Å². The minimum Gasteiger partial charge on any atom is -0.377 e. The van der Waals surface area contributed by atoms with E-state index in [9.17, 15) is 0 Å². The Labute approximate surface area is 107 Å². The summed E-state index contributed by atoms with van der Waals surface area (Å²) in [7, 11) is 1.83. The standard InChI is InChI=1S/C15H31NO/c1-5-12-9-8-10-13(11-12)14(16)15(6-2,7-3)17-4/h12-14H,5-11,16H2,1-4H3. The fourth-order valence-corrected chi connectivity index (χ4v) is 3.61. The van der Waals surface area contributed by atoms with Crippen molar-refractivity contribution in [2.24, 2.45) is 17.6 Å². The van der Waals surface area contributed by atoms with Gasteiger partial charge in [-0.3, -0.25) is 0 Å². The molecule has 0 radical (unpaired) electrons. The van der Waals surface area contributed by atoms with Gasteiger partial charge in [-0.05, 0) is 37.5 Å². The summed E-state index contributed by atoms with van der Waals surface area (Å²) in [6, 6.07) is 0.205.